The number of alkyl halides is 3. The Hall–Kier alpha value is -2.77. The number of sulfonamides is 1. The van der Waals surface area contributed by atoms with Crippen molar-refractivity contribution in [1.82, 2.24) is 0 Å². The molecule has 1 saturated heterocycles. The molecular formula is C28H33BF3NO7S. The summed E-state index contributed by atoms with van der Waals surface area (Å²) in [6.45, 7) is 9.07. The quantitative estimate of drug-likeness (QED) is 0.477. The van der Waals surface area contributed by atoms with Gasteiger partial charge in [-0.2, -0.15) is 13.2 Å². The Labute approximate surface area is 238 Å². The van der Waals surface area contributed by atoms with Crippen LogP contribution in [0, 0.1) is 11.3 Å². The molecule has 3 aliphatic rings. The van der Waals surface area contributed by atoms with Crippen LogP contribution in [-0.2, 0) is 30.3 Å². The highest BCUT2D eigenvalue weighted by atomic mass is 32.2. The van der Waals surface area contributed by atoms with E-state index in [0.717, 1.165) is 22.5 Å². The number of halogens is 3. The van der Waals surface area contributed by atoms with Crippen molar-refractivity contribution in [1.29, 1.82) is 0 Å². The molecule has 0 spiro atoms. The Bertz CT molecular complexity index is 1460. The standard InChI is InChI=1S/C28H33BF3NO7S/c1-25(2)26(3,4)40-29(39-25)19-9-10-23-22(13-19)33(16-20(38-23)11-17-14-27(5,15-17)24(34)35)41(36,37)21-8-6-7-18(12-21)28(30,31)32/h6-10,12-13,17,20H,11,14-16H2,1-5H3,(H,34,35). The molecule has 2 heterocycles. The fraction of sp³-hybridized carbons (Fsp3) is 0.536. The van der Waals surface area contributed by atoms with Crippen LogP contribution in [-0.4, -0.2) is 50.5 Å². The van der Waals surface area contributed by atoms with Gasteiger partial charge >= 0.3 is 19.3 Å². The topological polar surface area (TPSA) is 102 Å². The molecule has 0 aromatic heterocycles. The third-order valence-corrected chi connectivity index (χ3v) is 10.6. The van der Waals surface area contributed by atoms with Crippen LogP contribution in [0.2, 0.25) is 0 Å². The van der Waals surface area contributed by atoms with Crippen LogP contribution in [0.1, 0.15) is 59.4 Å². The van der Waals surface area contributed by atoms with E-state index in [1.54, 1.807) is 25.1 Å². The number of rotatable bonds is 6. The van der Waals surface area contributed by atoms with E-state index in [-0.39, 0.29) is 23.9 Å². The lowest BCUT2D eigenvalue weighted by Crippen LogP contribution is -2.48. The highest BCUT2D eigenvalue weighted by Crippen LogP contribution is 2.49. The highest BCUT2D eigenvalue weighted by molar-refractivity contribution is 7.92. The highest BCUT2D eigenvalue weighted by Gasteiger charge is 2.52. The summed E-state index contributed by atoms with van der Waals surface area (Å²) in [5.41, 5.74) is -2.51. The molecule has 13 heteroatoms. The maximum atomic E-state index is 13.9. The zero-order chi connectivity index (χ0) is 30.2. The van der Waals surface area contributed by atoms with E-state index in [4.69, 9.17) is 14.0 Å². The average Bonchev–Trinajstić information content (AvgIpc) is 3.08. The Morgan fingerprint density at radius 1 is 1.05 bits per heavy atom. The molecule has 41 heavy (non-hydrogen) atoms. The van der Waals surface area contributed by atoms with Crippen LogP contribution in [0.5, 0.6) is 5.75 Å². The van der Waals surface area contributed by atoms with Crippen LogP contribution >= 0.6 is 0 Å². The van der Waals surface area contributed by atoms with Gasteiger partial charge in [-0.15, -0.1) is 0 Å². The van der Waals surface area contributed by atoms with Crippen LogP contribution < -0.4 is 14.5 Å². The first-order chi connectivity index (χ1) is 18.8. The molecule has 2 fully saturated rings. The number of hydrogen-bond acceptors (Lipinski definition) is 6. The molecule has 1 saturated carbocycles. The first kappa shape index (κ1) is 29.7. The molecule has 2 aromatic rings. The van der Waals surface area contributed by atoms with Crippen molar-refractivity contribution in [3.8, 4) is 5.75 Å². The van der Waals surface area contributed by atoms with Crippen molar-refractivity contribution in [3.05, 3.63) is 48.0 Å². The van der Waals surface area contributed by atoms with Gasteiger partial charge in [0.2, 0.25) is 0 Å². The molecule has 0 amide bonds. The van der Waals surface area contributed by atoms with Gasteiger partial charge in [-0.3, -0.25) is 9.10 Å². The van der Waals surface area contributed by atoms with Gasteiger partial charge in [0, 0.05) is 0 Å². The van der Waals surface area contributed by atoms with E-state index in [2.05, 4.69) is 0 Å². The zero-order valence-corrected chi connectivity index (χ0v) is 24.3. The average molecular weight is 595 g/mol. The minimum absolute atomic E-state index is 0.00443. The van der Waals surface area contributed by atoms with Crippen molar-refractivity contribution < 1.29 is 45.5 Å². The number of aliphatic carboxylic acids is 1. The van der Waals surface area contributed by atoms with E-state index >= 15 is 0 Å². The second kappa shape index (κ2) is 9.63. The molecule has 222 valence electrons. The van der Waals surface area contributed by atoms with E-state index < -0.39 is 62.5 Å². The lowest BCUT2D eigenvalue weighted by Gasteiger charge is -2.44. The number of anilines is 1. The molecule has 5 rings (SSSR count). The number of carboxylic acids is 1. The molecule has 2 aliphatic heterocycles. The summed E-state index contributed by atoms with van der Waals surface area (Å²) < 4.78 is 87.8. The van der Waals surface area contributed by atoms with Crippen LogP contribution in [0.15, 0.2) is 47.4 Å². The zero-order valence-electron chi connectivity index (χ0n) is 23.5. The molecule has 0 bridgehead atoms. The summed E-state index contributed by atoms with van der Waals surface area (Å²) in [6, 6.07) is 8.54. The summed E-state index contributed by atoms with van der Waals surface area (Å²) in [6.07, 6.45) is -4.10. The van der Waals surface area contributed by atoms with Crippen molar-refractivity contribution >= 4 is 34.3 Å². The van der Waals surface area contributed by atoms with E-state index in [1.807, 2.05) is 27.7 Å². The first-order valence-electron chi connectivity index (χ1n) is 13.4. The van der Waals surface area contributed by atoms with Crippen molar-refractivity contribution in [2.45, 2.75) is 82.3 Å². The minimum Gasteiger partial charge on any atom is -0.486 e. The minimum atomic E-state index is -4.72. The van der Waals surface area contributed by atoms with Gasteiger partial charge in [-0.05, 0) is 95.6 Å². The largest absolute Gasteiger partial charge is 0.494 e. The Balaban J connectivity index is 1.51. The van der Waals surface area contributed by atoms with Crippen LogP contribution in [0.3, 0.4) is 0 Å². The molecule has 8 nitrogen and oxygen atoms in total. The summed E-state index contributed by atoms with van der Waals surface area (Å²) in [5, 5.41) is 9.46. The van der Waals surface area contributed by atoms with Gasteiger partial charge in [0.05, 0.1) is 39.3 Å². The second-order valence-electron chi connectivity index (χ2n) is 12.5. The normalized spacial score (nSPS) is 27.1. The van der Waals surface area contributed by atoms with Crippen molar-refractivity contribution in [2.24, 2.45) is 11.3 Å². The molecule has 2 aromatic carbocycles. The predicted molar refractivity (Wildman–Crippen MR) is 146 cm³/mol. The lowest BCUT2D eigenvalue weighted by atomic mass is 9.61. The van der Waals surface area contributed by atoms with Crippen molar-refractivity contribution in [2.75, 3.05) is 10.8 Å². The fourth-order valence-corrected chi connectivity index (χ4v) is 7.24. The molecule has 1 aliphatic carbocycles. The predicted octanol–water partition coefficient (Wildman–Crippen LogP) is 4.85. The van der Waals surface area contributed by atoms with E-state index in [9.17, 15) is 31.5 Å². The first-order valence-corrected chi connectivity index (χ1v) is 14.9. The smallest absolute Gasteiger partial charge is 0.486 e. The maximum absolute atomic E-state index is 13.9. The summed E-state index contributed by atoms with van der Waals surface area (Å²) in [5.74, 6) is -0.630. The lowest BCUT2D eigenvalue weighted by molar-refractivity contribution is -0.157. The van der Waals surface area contributed by atoms with Gasteiger partial charge in [0.15, 0.2) is 0 Å². The SMILES string of the molecule is CC1(C(=O)O)CC(CC2CN(S(=O)(=O)c3cccc(C(F)(F)F)c3)c3cc(B4OC(C)(C)C(C)(C)O4)ccc3O2)C1. The number of carbonyl (C=O) groups is 1. The Kier molecular flexibility index (Phi) is 6.98. The van der Waals surface area contributed by atoms with E-state index in [1.165, 1.54) is 0 Å². The van der Waals surface area contributed by atoms with Crippen molar-refractivity contribution in [3.63, 3.8) is 0 Å². The van der Waals surface area contributed by atoms with Gasteiger partial charge in [-0.1, -0.05) is 12.1 Å². The number of fused-ring (bicyclic) bond motifs is 1. The number of benzene rings is 2. The molecule has 1 unspecified atom stereocenters. The Morgan fingerprint density at radius 3 is 2.27 bits per heavy atom. The van der Waals surface area contributed by atoms with Gasteiger partial charge in [0.1, 0.15) is 11.9 Å². The number of carboxylic acid groups (broad SMARTS) is 1. The fourth-order valence-electron chi connectivity index (χ4n) is 5.69. The third kappa shape index (κ3) is 5.32. The molecule has 1 atom stereocenters. The number of ether oxygens (including phenoxy) is 1. The second-order valence-corrected chi connectivity index (χ2v) is 14.4. The van der Waals surface area contributed by atoms with Crippen LogP contribution in [0.4, 0.5) is 18.9 Å². The van der Waals surface area contributed by atoms with Gasteiger partial charge in [0.25, 0.3) is 10.0 Å². The Morgan fingerprint density at radius 2 is 1.68 bits per heavy atom. The third-order valence-electron chi connectivity index (χ3n) is 8.78. The van der Waals surface area contributed by atoms with Gasteiger partial charge in [-0.25, -0.2) is 8.42 Å². The summed E-state index contributed by atoms with van der Waals surface area (Å²) in [4.78, 5) is 11.0. The molecule has 0 radical (unpaired) electrons. The van der Waals surface area contributed by atoms with Crippen LogP contribution in [0.25, 0.3) is 0 Å². The van der Waals surface area contributed by atoms with E-state index in [0.29, 0.717) is 30.8 Å². The summed E-state index contributed by atoms with van der Waals surface area (Å²) in [7, 11) is -5.26. The summed E-state index contributed by atoms with van der Waals surface area (Å²) >= 11 is 0. The monoisotopic (exact) mass is 595 g/mol. The number of hydrogen-bond donors (Lipinski definition) is 1. The molecular weight excluding hydrogens is 562 g/mol. The molecule has 1 N–H and O–H groups in total. The number of nitrogens with zero attached hydrogens (tertiary/aromatic N) is 1. The van der Waals surface area contributed by atoms with Gasteiger partial charge < -0.3 is 19.2 Å². The maximum Gasteiger partial charge on any atom is 0.494 e.